The van der Waals surface area contributed by atoms with Gasteiger partial charge in [0.1, 0.15) is 0 Å². The van der Waals surface area contributed by atoms with Crippen LogP contribution in [0.3, 0.4) is 0 Å². The van der Waals surface area contributed by atoms with Gasteiger partial charge in [-0.3, -0.25) is 0 Å². The molecule has 1 rings (SSSR count). The van der Waals surface area contributed by atoms with Crippen LogP contribution in [0.25, 0.3) is 0 Å². The summed E-state index contributed by atoms with van der Waals surface area (Å²) in [7, 11) is 0. The van der Waals surface area contributed by atoms with E-state index in [2.05, 4.69) is 39.0 Å². The Bertz CT molecular complexity index is 174. The van der Waals surface area contributed by atoms with Crippen LogP contribution in [0.5, 0.6) is 0 Å². The van der Waals surface area contributed by atoms with Gasteiger partial charge in [-0.2, -0.15) is 0 Å². The van der Waals surface area contributed by atoms with E-state index in [0.29, 0.717) is 5.41 Å². The first-order valence-electron chi connectivity index (χ1n) is 4.02. The van der Waals surface area contributed by atoms with E-state index in [-0.39, 0.29) is 0 Å². The largest absolute Gasteiger partial charge is 0.0808 e. The highest BCUT2D eigenvalue weighted by Crippen LogP contribution is 2.31. The molecule has 0 heteroatoms. The average molecular weight is 136 g/mol. The Morgan fingerprint density at radius 3 is 2.70 bits per heavy atom. The smallest absolute Gasteiger partial charge is 0.0111 e. The molecule has 10 heavy (non-hydrogen) atoms. The second-order valence-corrected chi connectivity index (χ2v) is 3.49. The SMILES string of the molecule is CCC1(C)C=CC(C)=CC1. The van der Waals surface area contributed by atoms with Crippen LogP contribution < -0.4 is 0 Å². The Morgan fingerprint density at radius 2 is 2.30 bits per heavy atom. The minimum absolute atomic E-state index is 0.444. The lowest BCUT2D eigenvalue weighted by atomic mass is 9.80. The summed E-state index contributed by atoms with van der Waals surface area (Å²) in [5, 5.41) is 0. The molecule has 0 saturated carbocycles. The highest BCUT2D eigenvalue weighted by Gasteiger charge is 2.18. The summed E-state index contributed by atoms with van der Waals surface area (Å²) < 4.78 is 0. The second-order valence-electron chi connectivity index (χ2n) is 3.49. The summed E-state index contributed by atoms with van der Waals surface area (Å²) >= 11 is 0. The lowest BCUT2D eigenvalue weighted by Crippen LogP contribution is -2.12. The minimum atomic E-state index is 0.444. The molecule has 0 spiro atoms. The van der Waals surface area contributed by atoms with Gasteiger partial charge in [-0.15, -0.1) is 0 Å². The van der Waals surface area contributed by atoms with Crippen LogP contribution in [0.15, 0.2) is 23.8 Å². The van der Waals surface area contributed by atoms with Crippen LogP contribution in [0.4, 0.5) is 0 Å². The maximum Gasteiger partial charge on any atom is -0.0111 e. The molecule has 1 atom stereocenters. The van der Waals surface area contributed by atoms with Crippen LogP contribution >= 0.6 is 0 Å². The van der Waals surface area contributed by atoms with Crippen molar-refractivity contribution in [3.63, 3.8) is 0 Å². The highest BCUT2D eigenvalue weighted by molar-refractivity contribution is 5.23. The molecule has 1 aliphatic rings. The van der Waals surface area contributed by atoms with Crippen LogP contribution in [0.1, 0.15) is 33.6 Å². The predicted octanol–water partition coefficient (Wildman–Crippen LogP) is 3.31. The molecule has 0 nitrogen and oxygen atoms in total. The molecule has 0 saturated heterocycles. The Balaban J connectivity index is 2.67. The lowest BCUT2D eigenvalue weighted by Gasteiger charge is -2.25. The van der Waals surface area contributed by atoms with E-state index in [4.69, 9.17) is 0 Å². The standard InChI is InChI=1S/C10H16/c1-4-10(3)7-5-9(2)6-8-10/h5-7H,4,8H2,1-3H3. The van der Waals surface area contributed by atoms with Crippen LogP contribution in [0.2, 0.25) is 0 Å². The van der Waals surface area contributed by atoms with Crippen molar-refractivity contribution >= 4 is 0 Å². The fraction of sp³-hybridized carbons (Fsp3) is 0.600. The normalized spacial score (nSPS) is 32.1. The zero-order valence-electron chi connectivity index (χ0n) is 7.15. The summed E-state index contributed by atoms with van der Waals surface area (Å²) in [6, 6.07) is 0. The molecule has 0 N–H and O–H groups in total. The number of hydrogen-bond donors (Lipinski definition) is 0. The summed E-state index contributed by atoms with van der Waals surface area (Å²) in [5.41, 5.74) is 1.85. The molecule has 1 aliphatic carbocycles. The van der Waals surface area contributed by atoms with Gasteiger partial charge in [-0.1, -0.05) is 37.6 Å². The zero-order chi connectivity index (χ0) is 7.61. The number of hydrogen-bond acceptors (Lipinski definition) is 0. The maximum atomic E-state index is 2.34. The van der Waals surface area contributed by atoms with Crippen LogP contribution in [-0.2, 0) is 0 Å². The van der Waals surface area contributed by atoms with Gasteiger partial charge in [-0.25, -0.2) is 0 Å². The average Bonchev–Trinajstić information content (AvgIpc) is 1.96. The van der Waals surface area contributed by atoms with Gasteiger partial charge in [-0.05, 0) is 25.2 Å². The molecule has 0 aromatic rings. The number of allylic oxidation sites excluding steroid dienone is 4. The van der Waals surface area contributed by atoms with Crippen molar-refractivity contribution in [3.8, 4) is 0 Å². The first kappa shape index (κ1) is 7.59. The first-order valence-corrected chi connectivity index (χ1v) is 4.02. The zero-order valence-corrected chi connectivity index (χ0v) is 7.15. The van der Waals surface area contributed by atoms with Crippen molar-refractivity contribution < 1.29 is 0 Å². The van der Waals surface area contributed by atoms with Gasteiger partial charge in [0.15, 0.2) is 0 Å². The molecule has 0 amide bonds. The van der Waals surface area contributed by atoms with Gasteiger partial charge in [0, 0.05) is 0 Å². The van der Waals surface area contributed by atoms with Gasteiger partial charge < -0.3 is 0 Å². The van der Waals surface area contributed by atoms with E-state index < -0.39 is 0 Å². The summed E-state index contributed by atoms with van der Waals surface area (Å²) in [6.45, 7) is 6.72. The molecule has 0 radical (unpaired) electrons. The van der Waals surface area contributed by atoms with Crippen molar-refractivity contribution in [2.45, 2.75) is 33.6 Å². The monoisotopic (exact) mass is 136 g/mol. The number of rotatable bonds is 1. The fourth-order valence-corrected chi connectivity index (χ4v) is 1.13. The molecule has 0 aliphatic heterocycles. The van der Waals surface area contributed by atoms with Crippen LogP contribution in [0, 0.1) is 5.41 Å². The summed E-state index contributed by atoms with van der Waals surface area (Å²) in [4.78, 5) is 0. The molecular weight excluding hydrogens is 120 g/mol. The molecule has 56 valence electrons. The van der Waals surface area contributed by atoms with Crippen molar-refractivity contribution in [2.24, 2.45) is 5.41 Å². The van der Waals surface area contributed by atoms with E-state index in [9.17, 15) is 0 Å². The highest BCUT2D eigenvalue weighted by atomic mass is 14.2. The lowest BCUT2D eigenvalue weighted by molar-refractivity contribution is 0.412. The second kappa shape index (κ2) is 2.61. The van der Waals surface area contributed by atoms with Crippen molar-refractivity contribution in [1.29, 1.82) is 0 Å². The first-order chi connectivity index (χ1) is 4.66. The topological polar surface area (TPSA) is 0 Å². The molecule has 0 fully saturated rings. The molecule has 1 unspecified atom stereocenters. The minimum Gasteiger partial charge on any atom is -0.0808 e. The van der Waals surface area contributed by atoms with Gasteiger partial charge in [0.25, 0.3) is 0 Å². The van der Waals surface area contributed by atoms with Gasteiger partial charge >= 0.3 is 0 Å². The van der Waals surface area contributed by atoms with E-state index in [1.54, 1.807) is 0 Å². The maximum absolute atomic E-state index is 2.34. The third kappa shape index (κ3) is 1.50. The fourth-order valence-electron chi connectivity index (χ4n) is 1.13. The Kier molecular flexibility index (Phi) is 1.98. The van der Waals surface area contributed by atoms with Gasteiger partial charge in [0.05, 0.1) is 0 Å². The summed E-state index contributed by atoms with van der Waals surface area (Å²) in [6.07, 6.45) is 9.35. The molecule has 0 aromatic heterocycles. The van der Waals surface area contributed by atoms with E-state index in [1.165, 1.54) is 18.4 Å². The molecule has 0 bridgehead atoms. The van der Waals surface area contributed by atoms with E-state index in [1.807, 2.05) is 0 Å². The van der Waals surface area contributed by atoms with Crippen molar-refractivity contribution in [3.05, 3.63) is 23.8 Å². The van der Waals surface area contributed by atoms with E-state index in [0.717, 1.165) is 0 Å². The molecule has 0 heterocycles. The molecular formula is C10H16. The van der Waals surface area contributed by atoms with Crippen molar-refractivity contribution in [1.82, 2.24) is 0 Å². The Labute approximate surface area is 63.6 Å². The predicted molar refractivity (Wildman–Crippen MR) is 45.9 cm³/mol. The van der Waals surface area contributed by atoms with Crippen LogP contribution in [-0.4, -0.2) is 0 Å². The molecule has 0 aromatic carbocycles. The summed E-state index contributed by atoms with van der Waals surface area (Å²) in [5.74, 6) is 0. The van der Waals surface area contributed by atoms with Crippen molar-refractivity contribution in [2.75, 3.05) is 0 Å². The quantitative estimate of drug-likeness (QED) is 0.518. The Hall–Kier alpha value is -0.520. The third-order valence-electron chi connectivity index (χ3n) is 2.45. The van der Waals surface area contributed by atoms with Gasteiger partial charge in [0.2, 0.25) is 0 Å². The third-order valence-corrected chi connectivity index (χ3v) is 2.45. The Morgan fingerprint density at radius 1 is 1.60 bits per heavy atom. The van der Waals surface area contributed by atoms with E-state index >= 15 is 0 Å².